The molecule has 2 aromatic carbocycles. The molecule has 0 fully saturated rings. The van der Waals surface area contributed by atoms with Gasteiger partial charge < -0.3 is 15.3 Å². The molecule has 0 spiro atoms. The highest BCUT2D eigenvalue weighted by molar-refractivity contribution is 6.35. The van der Waals surface area contributed by atoms with E-state index in [1.165, 1.54) is 24.0 Å². The topological polar surface area (TPSA) is 90.0 Å². The third-order valence-corrected chi connectivity index (χ3v) is 4.99. The first kappa shape index (κ1) is 22.2. The van der Waals surface area contributed by atoms with Gasteiger partial charge in [0.2, 0.25) is 5.91 Å². The molecule has 7 nitrogen and oxygen atoms in total. The Kier molecular flexibility index (Phi) is 6.81. The number of benzene rings is 2. The second-order valence-electron chi connectivity index (χ2n) is 7.27. The number of likely N-dealkylation sites (N-methyl/N-ethyl adjacent to an activating group) is 1. The molecule has 0 aliphatic carbocycles. The number of hydrogen-bond donors (Lipinski definition) is 2. The maximum Gasteiger partial charge on any atom is 0.277 e. The van der Waals surface area contributed by atoms with Crippen molar-refractivity contribution < 1.29 is 23.9 Å². The molecule has 2 aromatic rings. The van der Waals surface area contributed by atoms with Gasteiger partial charge in [-0.05, 0) is 41.8 Å². The summed E-state index contributed by atoms with van der Waals surface area (Å²) >= 11 is 0. The molecule has 3 rings (SSSR count). The van der Waals surface area contributed by atoms with Crippen LogP contribution in [0.3, 0.4) is 0 Å². The highest BCUT2D eigenvalue weighted by atomic mass is 19.1. The molecule has 8 heteroatoms. The molecule has 0 saturated carbocycles. The zero-order valence-electron chi connectivity index (χ0n) is 17.4. The van der Waals surface area contributed by atoms with Gasteiger partial charge in [0.25, 0.3) is 11.8 Å². The lowest BCUT2D eigenvalue weighted by atomic mass is 10.0. The molecule has 31 heavy (non-hydrogen) atoms. The van der Waals surface area contributed by atoms with Gasteiger partial charge in [0.15, 0.2) is 0 Å². The van der Waals surface area contributed by atoms with E-state index in [0.29, 0.717) is 17.7 Å². The van der Waals surface area contributed by atoms with Crippen LogP contribution in [0.1, 0.15) is 18.1 Å². The average Bonchev–Trinajstić information content (AvgIpc) is 2.98. The van der Waals surface area contributed by atoms with Crippen molar-refractivity contribution in [3.05, 3.63) is 71.2 Å². The lowest BCUT2D eigenvalue weighted by Crippen LogP contribution is -2.36. The van der Waals surface area contributed by atoms with Crippen molar-refractivity contribution in [2.45, 2.75) is 13.3 Å². The number of aliphatic hydroxyl groups is 1. The number of nitrogens with zero attached hydrogens (tertiary/aromatic N) is 2. The van der Waals surface area contributed by atoms with Gasteiger partial charge in [0.05, 0.1) is 12.2 Å². The van der Waals surface area contributed by atoms with Crippen LogP contribution in [0.15, 0.2) is 54.2 Å². The van der Waals surface area contributed by atoms with E-state index < -0.39 is 11.8 Å². The Morgan fingerprint density at radius 3 is 2.29 bits per heavy atom. The highest BCUT2D eigenvalue weighted by Crippen LogP contribution is 2.31. The minimum Gasteiger partial charge on any atom is -0.395 e. The van der Waals surface area contributed by atoms with Gasteiger partial charge in [0, 0.05) is 32.7 Å². The zero-order chi connectivity index (χ0) is 22.5. The lowest BCUT2D eigenvalue weighted by Gasteiger charge is -2.20. The highest BCUT2D eigenvalue weighted by Gasteiger charge is 2.40. The van der Waals surface area contributed by atoms with Gasteiger partial charge in [0.1, 0.15) is 11.5 Å². The van der Waals surface area contributed by atoms with Crippen LogP contribution in [0.5, 0.6) is 0 Å². The van der Waals surface area contributed by atoms with Crippen LogP contribution < -0.4 is 5.32 Å². The zero-order valence-corrected chi connectivity index (χ0v) is 17.4. The van der Waals surface area contributed by atoms with Crippen LogP contribution in [-0.4, -0.2) is 59.4 Å². The molecule has 1 aliphatic heterocycles. The van der Waals surface area contributed by atoms with Gasteiger partial charge in [-0.2, -0.15) is 0 Å². The molecule has 3 amide bonds. The molecular formula is C23H24FN3O4. The van der Waals surface area contributed by atoms with E-state index in [1.807, 2.05) is 0 Å². The molecule has 0 radical (unpaired) electrons. The maximum absolute atomic E-state index is 13.2. The van der Waals surface area contributed by atoms with E-state index in [2.05, 4.69) is 5.32 Å². The van der Waals surface area contributed by atoms with Crippen molar-refractivity contribution in [3.63, 3.8) is 0 Å². The van der Waals surface area contributed by atoms with E-state index >= 15 is 0 Å². The fourth-order valence-electron chi connectivity index (χ4n) is 3.46. The molecule has 1 aliphatic rings. The third-order valence-electron chi connectivity index (χ3n) is 4.99. The summed E-state index contributed by atoms with van der Waals surface area (Å²) in [5.41, 5.74) is 2.38. The van der Waals surface area contributed by atoms with Crippen molar-refractivity contribution in [1.29, 1.82) is 0 Å². The summed E-state index contributed by atoms with van der Waals surface area (Å²) in [4.78, 5) is 40.3. The first-order chi connectivity index (χ1) is 14.8. The Labute approximate surface area is 179 Å². The lowest BCUT2D eigenvalue weighted by molar-refractivity contribution is -0.137. The van der Waals surface area contributed by atoms with Crippen molar-refractivity contribution in [1.82, 2.24) is 9.80 Å². The fourth-order valence-corrected chi connectivity index (χ4v) is 3.46. The van der Waals surface area contributed by atoms with Crippen molar-refractivity contribution >= 4 is 29.0 Å². The Morgan fingerprint density at radius 1 is 1.06 bits per heavy atom. The smallest absolute Gasteiger partial charge is 0.277 e. The Bertz CT molecular complexity index is 1020. The van der Waals surface area contributed by atoms with E-state index in [9.17, 15) is 23.9 Å². The monoisotopic (exact) mass is 425 g/mol. The molecular weight excluding hydrogens is 401 g/mol. The summed E-state index contributed by atoms with van der Waals surface area (Å²) in [5, 5.41) is 12.0. The summed E-state index contributed by atoms with van der Waals surface area (Å²) < 4.78 is 13.1. The summed E-state index contributed by atoms with van der Waals surface area (Å²) in [5.74, 6) is -1.44. The van der Waals surface area contributed by atoms with Crippen molar-refractivity contribution in [2.24, 2.45) is 0 Å². The Balaban J connectivity index is 1.89. The second-order valence-corrected chi connectivity index (χ2v) is 7.27. The number of halogens is 1. The number of carbonyl (C=O) groups is 3. The average molecular weight is 425 g/mol. The van der Waals surface area contributed by atoms with E-state index in [4.69, 9.17) is 0 Å². The molecule has 162 valence electrons. The van der Waals surface area contributed by atoms with Crippen molar-refractivity contribution in [3.8, 4) is 0 Å². The predicted molar refractivity (Wildman–Crippen MR) is 114 cm³/mol. The van der Waals surface area contributed by atoms with Gasteiger partial charge in [-0.3, -0.25) is 19.3 Å². The number of nitrogens with one attached hydrogen (secondary N) is 1. The summed E-state index contributed by atoms with van der Waals surface area (Å²) in [7, 11) is 1.64. The molecule has 0 unspecified atom stereocenters. The maximum atomic E-state index is 13.2. The second kappa shape index (κ2) is 9.53. The Morgan fingerprint density at radius 2 is 1.71 bits per heavy atom. The number of anilines is 1. The quantitative estimate of drug-likeness (QED) is 0.632. The van der Waals surface area contributed by atoms with Crippen LogP contribution in [-0.2, 0) is 20.8 Å². The van der Waals surface area contributed by atoms with Crippen LogP contribution >= 0.6 is 0 Å². The number of hydrogen-bond acceptors (Lipinski definition) is 5. The van der Waals surface area contributed by atoms with Gasteiger partial charge in [-0.1, -0.05) is 24.3 Å². The number of aliphatic hydroxyl groups excluding tert-OH is 1. The fraction of sp³-hybridized carbons (Fsp3) is 0.261. The molecule has 0 atom stereocenters. The first-order valence-electron chi connectivity index (χ1n) is 9.86. The third kappa shape index (κ3) is 4.97. The SMILES string of the molecule is CC(=O)Nc1ccc(C2=C(N(C)CCO)C(=O)N(CCc3ccc(F)cc3)C2=O)cc1. The normalized spacial score (nSPS) is 13.7. The van der Waals surface area contributed by atoms with E-state index in [1.54, 1.807) is 48.3 Å². The molecule has 2 N–H and O–H groups in total. The molecule has 0 bridgehead atoms. The number of carbonyl (C=O) groups excluding carboxylic acids is 3. The van der Waals surface area contributed by atoms with Crippen molar-refractivity contribution in [2.75, 3.05) is 32.1 Å². The van der Waals surface area contributed by atoms with Crippen LogP contribution in [0.2, 0.25) is 0 Å². The summed E-state index contributed by atoms with van der Waals surface area (Å²) in [6.45, 7) is 1.56. The molecule has 1 heterocycles. The number of rotatable bonds is 8. The van der Waals surface area contributed by atoms with Crippen LogP contribution in [0, 0.1) is 5.82 Å². The minimum atomic E-state index is -0.441. The van der Waals surface area contributed by atoms with Crippen LogP contribution in [0.25, 0.3) is 5.57 Å². The number of amides is 3. The predicted octanol–water partition coefficient (Wildman–Crippen LogP) is 2.03. The van der Waals surface area contributed by atoms with E-state index in [0.717, 1.165) is 5.56 Å². The van der Waals surface area contributed by atoms with Gasteiger partial charge in [-0.25, -0.2) is 4.39 Å². The Hall–Kier alpha value is -3.52. The van der Waals surface area contributed by atoms with Gasteiger partial charge >= 0.3 is 0 Å². The van der Waals surface area contributed by atoms with Crippen LogP contribution in [0.4, 0.5) is 10.1 Å². The summed E-state index contributed by atoms with van der Waals surface area (Å²) in [6.07, 6.45) is 0.392. The van der Waals surface area contributed by atoms with Gasteiger partial charge in [-0.15, -0.1) is 0 Å². The van der Waals surface area contributed by atoms with E-state index in [-0.39, 0.29) is 42.7 Å². The standard InChI is InChI=1S/C23H24FN3O4/c1-15(29)25-19-9-5-17(6-10-19)20-21(26(2)13-14-28)23(31)27(22(20)30)12-11-16-3-7-18(24)8-4-16/h3-10,28H,11-14H2,1-2H3,(H,25,29). The molecule has 0 aromatic heterocycles. The summed E-state index contributed by atoms with van der Waals surface area (Å²) in [6, 6.07) is 12.6. The number of imide groups is 1. The largest absolute Gasteiger partial charge is 0.395 e. The first-order valence-corrected chi connectivity index (χ1v) is 9.86. The minimum absolute atomic E-state index is 0.146. The molecule has 0 saturated heterocycles.